The van der Waals surface area contributed by atoms with Crippen molar-refractivity contribution in [3.8, 4) is 111 Å². The van der Waals surface area contributed by atoms with Crippen molar-refractivity contribution in [3.63, 3.8) is 0 Å². The summed E-state index contributed by atoms with van der Waals surface area (Å²) in [6.45, 7) is 4.74. The van der Waals surface area contributed by atoms with Crippen LogP contribution in [0.3, 0.4) is 0 Å². The van der Waals surface area contributed by atoms with Gasteiger partial charge < -0.3 is 0 Å². The molecular weight excluding hydrogens is 1330 g/mol. The normalized spacial score (nSPS) is 12.3. The molecule has 0 N–H and O–H groups in total. The smallest absolute Gasteiger partial charge is 0.0159 e. The summed E-state index contributed by atoms with van der Waals surface area (Å²) in [5, 5.41) is 22.8. The van der Waals surface area contributed by atoms with E-state index < -0.39 is 0 Å². The van der Waals surface area contributed by atoms with Crippen molar-refractivity contribution in [1.82, 2.24) is 0 Å². The van der Waals surface area contributed by atoms with Crippen LogP contribution in [-0.2, 0) is 5.41 Å². The van der Waals surface area contributed by atoms with Crippen molar-refractivity contribution in [3.05, 3.63) is 424 Å². The molecule has 0 spiro atoms. The van der Waals surface area contributed by atoms with E-state index in [4.69, 9.17) is 0 Å². The Hall–Kier alpha value is -14.0. The maximum atomic E-state index is 2.47. The Labute approximate surface area is 646 Å². The molecule has 0 amide bonds. The van der Waals surface area contributed by atoms with Gasteiger partial charge in [0.1, 0.15) is 0 Å². The second kappa shape index (κ2) is 26.7. The van der Waals surface area contributed by atoms with Gasteiger partial charge in [0.15, 0.2) is 0 Å². The predicted octanol–water partition coefficient (Wildman–Crippen LogP) is 31.1. The Bertz CT molecular complexity index is 7240. The van der Waals surface area contributed by atoms with Crippen LogP contribution in [0.5, 0.6) is 0 Å². The minimum atomic E-state index is -0.0681. The van der Waals surface area contributed by atoms with Gasteiger partial charge in [-0.15, -0.1) is 0 Å². The minimum absolute atomic E-state index is 0.0681. The first-order valence-corrected chi connectivity index (χ1v) is 38.8. The molecule has 0 aliphatic heterocycles. The maximum Gasteiger partial charge on any atom is 0.0159 e. The van der Waals surface area contributed by atoms with Gasteiger partial charge in [-0.1, -0.05) is 396 Å². The first-order chi connectivity index (χ1) is 54.8. The highest BCUT2D eigenvalue weighted by Gasteiger charge is 2.36. The van der Waals surface area contributed by atoms with E-state index in [1.54, 1.807) is 0 Å². The highest BCUT2D eigenvalue weighted by molar-refractivity contribution is 6.25. The average molecular weight is 1410 g/mol. The molecule has 0 saturated heterocycles. The quantitative estimate of drug-likeness (QED) is 0.126. The molecule has 518 valence electrons. The van der Waals surface area contributed by atoms with E-state index in [-0.39, 0.29) is 5.41 Å². The fourth-order valence-electron chi connectivity index (χ4n) is 18.6. The van der Waals surface area contributed by atoms with E-state index in [1.807, 2.05) is 0 Å². The van der Waals surface area contributed by atoms with Gasteiger partial charge in [0, 0.05) is 5.41 Å². The van der Waals surface area contributed by atoms with Crippen LogP contribution in [0.25, 0.3) is 208 Å². The van der Waals surface area contributed by atoms with Crippen molar-refractivity contribution in [2.45, 2.75) is 19.3 Å². The molecule has 0 aromatic heterocycles. The Morgan fingerprint density at radius 1 is 0.135 bits per heavy atom. The Morgan fingerprint density at radius 2 is 0.423 bits per heavy atom. The monoisotopic (exact) mass is 1410 g/mol. The van der Waals surface area contributed by atoms with Crippen LogP contribution in [0, 0.1) is 0 Å². The lowest BCUT2D eigenvalue weighted by atomic mass is 9.80. The summed E-state index contributed by atoms with van der Waals surface area (Å²) in [5.41, 5.74) is 27.9. The van der Waals surface area contributed by atoms with Gasteiger partial charge in [-0.25, -0.2) is 0 Å². The number of benzene rings is 21. The number of rotatable bonds is 9. The molecule has 111 heavy (non-hydrogen) atoms. The molecular formula is C111H74. The van der Waals surface area contributed by atoms with Crippen LogP contribution >= 0.6 is 0 Å². The molecule has 0 fully saturated rings. The van der Waals surface area contributed by atoms with E-state index in [0.29, 0.717) is 0 Å². The lowest BCUT2D eigenvalue weighted by Gasteiger charge is -2.23. The summed E-state index contributed by atoms with van der Waals surface area (Å²) in [4.78, 5) is 0. The number of hydrogen-bond donors (Lipinski definition) is 0. The summed E-state index contributed by atoms with van der Waals surface area (Å²) in [7, 11) is 0. The van der Waals surface area contributed by atoms with E-state index in [0.717, 1.165) is 0 Å². The maximum absolute atomic E-state index is 2.47. The van der Waals surface area contributed by atoms with Crippen LogP contribution in [0.2, 0.25) is 0 Å². The van der Waals surface area contributed by atoms with E-state index in [1.165, 1.54) is 219 Å². The van der Waals surface area contributed by atoms with Gasteiger partial charge >= 0.3 is 0 Å². The highest BCUT2D eigenvalue weighted by atomic mass is 14.4. The van der Waals surface area contributed by atoms with Gasteiger partial charge in [0.05, 0.1) is 0 Å². The molecule has 0 heterocycles. The van der Waals surface area contributed by atoms with Gasteiger partial charge in [0.2, 0.25) is 0 Å². The summed E-state index contributed by atoms with van der Waals surface area (Å²) in [5.74, 6) is 0. The Balaban J connectivity index is 0.000000143. The molecule has 21 aromatic carbocycles. The summed E-state index contributed by atoms with van der Waals surface area (Å²) >= 11 is 0. The van der Waals surface area contributed by atoms with Crippen LogP contribution in [-0.4, -0.2) is 0 Å². The molecule has 1 aliphatic carbocycles. The first-order valence-electron chi connectivity index (χ1n) is 38.8. The average Bonchev–Trinajstić information content (AvgIpc) is 1.72. The summed E-state index contributed by atoms with van der Waals surface area (Å²) < 4.78 is 0. The molecule has 1 aliphatic rings. The lowest BCUT2D eigenvalue weighted by Crippen LogP contribution is -2.14. The van der Waals surface area contributed by atoms with Gasteiger partial charge in [-0.2, -0.15) is 0 Å². The molecule has 0 radical (unpaired) electrons. The topological polar surface area (TPSA) is 0 Å². The number of fused-ring (bicyclic) bond motifs is 12. The zero-order valence-corrected chi connectivity index (χ0v) is 61.8. The Morgan fingerprint density at radius 3 is 0.901 bits per heavy atom. The molecule has 0 bridgehead atoms. The van der Waals surface area contributed by atoms with Gasteiger partial charge in [-0.05, 0) is 250 Å². The minimum Gasteiger partial charge on any atom is -0.0622 e. The van der Waals surface area contributed by atoms with Crippen molar-refractivity contribution >= 4 is 97.0 Å². The largest absolute Gasteiger partial charge is 0.0622 e. The predicted molar refractivity (Wildman–Crippen MR) is 477 cm³/mol. The van der Waals surface area contributed by atoms with Crippen molar-refractivity contribution in [2.75, 3.05) is 0 Å². The van der Waals surface area contributed by atoms with Crippen molar-refractivity contribution < 1.29 is 0 Å². The van der Waals surface area contributed by atoms with E-state index >= 15 is 0 Å². The molecule has 0 heteroatoms. The van der Waals surface area contributed by atoms with Crippen molar-refractivity contribution in [1.29, 1.82) is 0 Å². The van der Waals surface area contributed by atoms with E-state index in [9.17, 15) is 0 Å². The molecule has 21 aromatic rings. The molecule has 0 unspecified atom stereocenters. The molecule has 22 rings (SSSR count). The molecule has 0 nitrogen and oxygen atoms in total. The SMILES string of the molecule is CC1(C)c2ccccc2-c2ccc(-c3c4ccccc4c(-c4ccc(-c5ccc6c(-c7ccccc7)c7ccccc7c(-c7ccccc7)c6c5)cc4)c4ccccc34)cc21.c1ccc2cc(-c3c4ccccc4c(-c4ccc5ccccc5c4)c4cc(-c5ccc(-c6cccc7ccccc67)cc5)ccc34)ccc2c1. The third-order valence-corrected chi connectivity index (χ3v) is 23.9. The summed E-state index contributed by atoms with van der Waals surface area (Å²) in [6, 6.07) is 153. The lowest BCUT2D eigenvalue weighted by molar-refractivity contribution is 0.660. The fraction of sp³-hybridized carbons (Fsp3) is 0.0270. The van der Waals surface area contributed by atoms with Crippen LogP contribution in [0.15, 0.2) is 413 Å². The van der Waals surface area contributed by atoms with E-state index in [2.05, 4.69) is 426 Å². The van der Waals surface area contributed by atoms with Crippen LogP contribution in [0.1, 0.15) is 25.0 Å². The summed E-state index contributed by atoms with van der Waals surface area (Å²) in [6.07, 6.45) is 0. The zero-order valence-electron chi connectivity index (χ0n) is 61.8. The third kappa shape index (κ3) is 11.0. The third-order valence-electron chi connectivity index (χ3n) is 23.9. The van der Waals surface area contributed by atoms with Crippen LogP contribution < -0.4 is 0 Å². The van der Waals surface area contributed by atoms with Crippen LogP contribution in [0.4, 0.5) is 0 Å². The second-order valence-electron chi connectivity index (χ2n) is 30.4. The molecule has 0 atom stereocenters. The first kappa shape index (κ1) is 65.3. The number of hydrogen-bond acceptors (Lipinski definition) is 0. The second-order valence-corrected chi connectivity index (χ2v) is 30.4. The molecule has 0 saturated carbocycles. The van der Waals surface area contributed by atoms with Gasteiger partial charge in [-0.3, -0.25) is 0 Å². The zero-order chi connectivity index (χ0) is 73.7. The van der Waals surface area contributed by atoms with Crippen molar-refractivity contribution in [2.24, 2.45) is 0 Å². The Kier molecular flexibility index (Phi) is 15.7. The fourth-order valence-corrected chi connectivity index (χ4v) is 18.6. The highest BCUT2D eigenvalue weighted by Crippen LogP contribution is 2.53. The standard InChI is InChI=1S/C61H42.C50H32/c1-61(2)55-28-16-15-21-45(55)46-35-34-44(38-56(46)61)60-51-26-13-10-23-48(51)58(49-24-11-14-27-52(49)60)42-31-29-39(30-32-42)43-33-36-53-54(37-43)59(41-19-7-4-8-20-41)50-25-12-9-22-47(50)57(53)40-17-5-3-6-18-40;1-3-13-38-30-41(26-22-33(38)10-1)49-45-17-7-8-18-46(45)50(42-27-23-34-11-2-4-14-39(34)31-42)48-32-40(28-29-47(48)49)35-20-24-37(25-21-35)44-19-9-15-36-12-5-6-16-43(36)44/h3-38H,1-2H3;1-32H. The van der Waals surface area contributed by atoms with Gasteiger partial charge in [0.25, 0.3) is 0 Å².